The Labute approximate surface area is 168 Å². The minimum Gasteiger partial charge on any atom is -0.465 e. The number of benzene rings is 2. The summed E-state index contributed by atoms with van der Waals surface area (Å²) in [5.74, 6) is 1.55. The van der Waals surface area contributed by atoms with Crippen molar-refractivity contribution in [3.63, 3.8) is 0 Å². The first-order valence-corrected chi connectivity index (χ1v) is 10.0. The third-order valence-electron chi connectivity index (χ3n) is 5.78. The van der Waals surface area contributed by atoms with E-state index >= 15 is 0 Å². The van der Waals surface area contributed by atoms with E-state index in [2.05, 4.69) is 33.4 Å². The summed E-state index contributed by atoms with van der Waals surface area (Å²) in [7, 11) is 0. The Morgan fingerprint density at radius 1 is 1.00 bits per heavy atom. The highest BCUT2D eigenvalue weighted by molar-refractivity contribution is 5.83. The molecule has 6 nitrogen and oxygen atoms in total. The van der Waals surface area contributed by atoms with Crippen molar-refractivity contribution in [1.82, 2.24) is 4.98 Å². The average Bonchev–Trinajstić information content (AvgIpc) is 3.51. The van der Waals surface area contributed by atoms with Crippen LogP contribution >= 0.6 is 0 Å². The molecule has 1 unspecified atom stereocenters. The van der Waals surface area contributed by atoms with Gasteiger partial charge in [0.05, 0.1) is 17.6 Å². The van der Waals surface area contributed by atoms with Crippen molar-refractivity contribution in [2.24, 2.45) is 0 Å². The van der Waals surface area contributed by atoms with Gasteiger partial charge < -0.3 is 23.8 Å². The lowest BCUT2D eigenvalue weighted by molar-refractivity contribution is 0.0830. The maximum absolute atomic E-state index is 5.97. The lowest BCUT2D eigenvalue weighted by Gasteiger charge is -2.36. The van der Waals surface area contributed by atoms with E-state index in [1.807, 2.05) is 36.4 Å². The van der Waals surface area contributed by atoms with Crippen molar-refractivity contribution in [3.8, 4) is 11.5 Å². The monoisotopic (exact) mass is 387 g/mol. The van der Waals surface area contributed by atoms with Gasteiger partial charge >= 0.3 is 0 Å². The molecule has 2 aliphatic heterocycles. The maximum Gasteiger partial charge on any atom is 0.227 e. The summed E-state index contributed by atoms with van der Waals surface area (Å²) >= 11 is 0. The Hall–Kier alpha value is -3.25. The van der Waals surface area contributed by atoms with E-state index < -0.39 is 0 Å². The predicted octanol–water partition coefficient (Wildman–Crippen LogP) is 5.20. The first-order chi connectivity index (χ1) is 14.4. The van der Waals surface area contributed by atoms with Crippen LogP contribution in [-0.4, -0.2) is 24.2 Å². The quantitative estimate of drug-likeness (QED) is 0.521. The number of nitrogens with one attached hydrogen (secondary N) is 1. The fourth-order valence-electron chi connectivity index (χ4n) is 4.39. The molecule has 0 radical (unpaired) electrons. The predicted molar refractivity (Wildman–Crippen MR) is 111 cm³/mol. The van der Waals surface area contributed by atoms with Gasteiger partial charge in [0.1, 0.15) is 11.3 Å². The standard InChI is InChI=1S/C23H21N3O3/c1-2-5-20-17(4-1)25-23(29-20)15-7-8-19-18(14-15)24-22(21-6-3-11-28-21)26(19)16-9-12-27-13-10-16/h1-8,11,14,16,22,24H,9-10,12-13H2. The van der Waals surface area contributed by atoms with Gasteiger partial charge in [-0.1, -0.05) is 12.1 Å². The Bertz CT molecular complexity index is 1110. The van der Waals surface area contributed by atoms with Crippen molar-refractivity contribution in [2.45, 2.75) is 25.0 Å². The van der Waals surface area contributed by atoms with Crippen LogP contribution in [0.2, 0.25) is 0 Å². The molecule has 2 aliphatic rings. The Kier molecular flexibility index (Phi) is 3.84. The number of nitrogens with zero attached hydrogens (tertiary/aromatic N) is 2. The largest absolute Gasteiger partial charge is 0.465 e. The van der Waals surface area contributed by atoms with Crippen molar-refractivity contribution in [2.75, 3.05) is 23.4 Å². The van der Waals surface area contributed by atoms with E-state index in [1.54, 1.807) is 6.26 Å². The molecule has 0 saturated carbocycles. The molecule has 1 atom stereocenters. The second-order valence-electron chi connectivity index (χ2n) is 7.53. The number of para-hydroxylation sites is 2. The van der Waals surface area contributed by atoms with Gasteiger partial charge in [0.2, 0.25) is 5.89 Å². The molecule has 0 spiro atoms. The normalized spacial score (nSPS) is 19.4. The van der Waals surface area contributed by atoms with Gasteiger partial charge in [0, 0.05) is 24.8 Å². The molecule has 4 heterocycles. The highest BCUT2D eigenvalue weighted by Crippen LogP contribution is 2.45. The van der Waals surface area contributed by atoms with Crippen LogP contribution < -0.4 is 10.2 Å². The number of rotatable bonds is 3. The van der Waals surface area contributed by atoms with E-state index in [-0.39, 0.29) is 6.17 Å². The number of fused-ring (bicyclic) bond motifs is 2. The van der Waals surface area contributed by atoms with E-state index in [9.17, 15) is 0 Å². The fourth-order valence-corrected chi connectivity index (χ4v) is 4.39. The van der Waals surface area contributed by atoms with Gasteiger partial charge in [-0.15, -0.1) is 0 Å². The smallest absolute Gasteiger partial charge is 0.227 e. The lowest BCUT2D eigenvalue weighted by Crippen LogP contribution is -2.41. The molecule has 0 bridgehead atoms. The van der Waals surface area contributed by atoms with E-state index in [4.69, 9.17) is 13.6 Å². The van der Waals surface area contributed by atoms with Crippen molar-refractivity contribution < 1.29 is 13.6 Å². The number of anilines is 2. The van der Waals surface area contributed by atoms with Crippen LogP contribution in [0.1, 0.15) is 24.8 Å². The van der Waals surface area contributed by atoms with Crippen LogP contribution in [0.25, 0.3) is 22.6 Å². The molecule has 6 heteroatoms. The van der Waals surface area contributed by atoms with Crippen LogP contribution in [0.5, 0.6) is 0 Å². The van der Waals surface area contributed by atoms with Gasteiger partial charge in [0.25, 0.3) is 0 Å². The van der Waals surface area contributed by atoms with E-state index in [0.29, 0.717) is 11.9 Å². The molecule has 0 amide bonds. The number of aromatic nitrogens is 1. The molecule has 2 aromatic heterocycles. The molecular weight excluding hydrogens is 366 g/mol. The average molecular weight is 387 g/mol. The topological polar surface area (TPSA) is 63.7 Å². The van der Waals surface area contributed by atoms with Gasteiger partial charge in [-0.2, -0.15) is 0 Å². The molecule has 29 heavy (non-hydrogen) atoms. The number of oxazole rings is 1. The third-order valence-corrected chi connectivity index (χ3v) is 5.78. The molecule has 4 aromatic rings. The summed E-state index contributed by atoms with van der Waals surface area (Å²) in [5.41, 5.74) is 4.87. The summed E-state index contributed by atoms with van der Waals surface area (Å²) < 4.78 is 17.3. The van der Waals surface area contributed by atoms with Crippen LogP contribution in [-0.2, 0) is 4.74 Å². The molecule has 1 saturated heterocycles. The minimum atomic E-state index is -0.0259. The van der Waals surface area contributed by atoms with Crippen LogP contribution in [0.4, 0.5) is 11.4 Å². The molecule has 146 valence electrons. The summed E-state index contributed by atoms with van der Waals surface area (Å²) in [6, 6.07) is 18.6. The molecular formula is C23H21N3O3. The van der Waals surface area contributed by atoms with Gasteiger partial charge in [-0.3, -0.25) is 0 Å². The summed E-state index contributed by atoms with van der Waals surface area (Å²) in [5, 5.41) is 3.65. The van der Waals surface area contributed by atoms with Crippen LogP contribution in [0.3, 0.4) is 0 Å². The summed E-state index contributed by atoms with van der Waals surface area (Å²) in [6.45, 7) is 1.59. The van der Waals surface area contributed by atoms with Gasteiger partial charge in [-0.25, -0.2) is 4.98 Å². The van der Waals surface area contributed by atoms with Crippen molar-refractivity contribution in [3.05, 3.63) is 66.6 Å². The summed E-state index contributed by atoms with van der Waals surface area (Å²) in [6.07, 6.45) is 3.71. The van der Waals surface area contributed by atoms with Gasteiger partial charge in [0.15, 0.2) is 11.7 Å². The first kappa shape index (κ1) is 16.7. The second kappa shape index (κ2) is 6.67. The zero-order chi connectivity index (χ0) is 19.2. The van der Waals surface area contributed by atoms with Crippen molar-refractivity contribution in [1.29, 1.82) is 0 Å². The second-order valence-corrected chi connectivity index (χ2v) is 7.53. The SMILES string of the molecule is c1coc(C2Nc3cc(-c4nc5ccccc5o4)ccc3N2C2CCOCC2)c1. The first-order valence-electron chi connectivity index (χ1n) is 10.0. The zero-order valence-corrected chi connectivity index (χ0v) is 15.9. The van der Waals surface area contributed by atoms with Gasteiger partial charge in [-0.05, 0) is 55.3 Å². The van der Waals surface area contributed by atoms with Crippen LogP contribution in [0, 0.1) is 0 Å². The molecule has 1 N–H and O–H groups in total. The number of ether oxygens (including phenoxy) is 1. The Morgan fingerprint density at radius 2 is 1.90 bits per heavy atom. The molecule has 0 aliphatic carbocycles. The van der Waals surface area contributed by atoms with E-state index in [1.165, 1.54) is 5.69 Å². The summed E-state index contributed by atoms with van der Waals surface area (Å²) in [4.78, 5) is 7.08. The third kappa shape index (κ3) is 2.79. The Balaban J connectivity index is 1.41. The zero-order valence-electron chi connectivity index (χ0n) is 15.9. The molecule has 2 aromatic carbocycles. The van der Waals surface area contributed by atoms with Crippen LogP contribution in [0.15, 0.2) is 69.7 Å². The van der Waals surface area contributed by atoms with Crippen molar-refractivity contribution >= 4 is 22.5 Å². The molecule has 1 fully saturated rings. The highest BCUT2D eigenvalue weighted by atomic mass is 16.5. The number of hydrogen-bond donors (Lipinski definition) is 1. The Morgan fingerprint density at radius 3 is 2.72 bits per heavy atom. The minimum absolute atomic E-state index is 0.0259. The highest BCUT2D eigenvalue weighted by Gasteiger charge is 2.37. The molecule has 6 rings (SSSR count). The number of furan rings is 1. The lowest BCUT2D eigenvalue weighted by atomic mass is 10.0. The maximum atomic E-state index is 5.97. The number of hydrogen-bond acceptors (Lipinski definition) is 6. The fraction of sp³-hybridized carbons (Fsp3) is 0.261. The van der Waals surface area contributed by atoms with E-state index in [0.717, 1.165) is 54.2 Å².